The van der Waals surface area contributed by atoms with Crippen molar-refractivity contribution in [3.8, 4) is 0 Å². The van der Waals surface area contributed by atoms with Crippen LogP contribution in [-0.4, -0.2) is 16.8 Å². The summed E-state index contributed by atoms with van der Waals surface area (Å²) in [6.07, 6.45) is 5.01. The molecule has 0 bridgehead atoms. The van der Waals surface area contributed by atoms with E-state index in [-0.39, 0.29) is 12.3 Å². The first kappa shape index (κ1) is 10.9. The summed E-state index contributed by atoms with van der Waals surface area (Å²) in [6, 6.07) is 3.76. The molecule has 1 rings (SSSR count). The molecule has 0 aromatic carbocycles. The molecule has 4 heteroatoms. The van der Waals surface area contributed by atoms with Crippen molar-refractivity contribution in [2.75, 3.05) is 5.88 Å². The van der Waals surface area contributed by atoms with Crippen LogP contribution in [0.1, 0.15) is 17.8 Å². The van der Waals surface area contributed by atoms with Gasteiger partial charge in [-0.05, 0) is 24.6 Å². The van der Waals surface area contributed by atoms with Crippen molar-refractivity contribution in [3.05, 3.63) is 29.6 Å². The van der Waals surface area contributed by atoms with E-state index in [1.807, 2.05) is 24.3 Å². The van der Waals surface area contributed by atoms with Gasteiger partial charge in [0.2, 0.25) is 5.91 Å². The van der Waals surface area contributed by atoms with Gasteiger partial charge in [0.1, 0.15) is 0 Å². The number of aromatic amines is 1. The number of alkyl halides is 1. The Kier molecular flexibility index (Phi) is 4.26. The zero-order valence-electron chi connectivity index (χ0n) is 7.79. The first-order valence-electron chi connectivity index (χ1n) is 4.41. The van der Waals surface area contributed by atoms with Crippen LogP contribution in [0.5, 0.6) is 0 Å². The first-order chi connectivity index (χ1) is 6.72. The number of carbonyl (C=O) groups excluding carboxylic acids is 1. The molecule has 0 aliphatic rings. The van der Waals surface area contributed by atoms with Crippen molar-refractivity contribution in [3.63, 3.8) is 0 Å². The highest BCUT2D eigenvalue weighted by atomic mass is 35.5. The zero-order chi connectivity index (χ0) is 10.4. The van der Waals surface area contributed by atoms with E-state index in [2.05, 4.69) is 4.98 Å². The summed E-state index contributed by atoms with van der Waals surface area (Å²) in [7, 11) is 0. The van der Waals surface area contributed by atoms with Crippen LogP contribution in [0.4, 0.5) is 0 Å². The number of carbonyl (C=O) groups is 1. The molecule has 0 spiro atoms. The van der Waals surface area contributed by atoms with Crippen LogP contribution in [0.2, 0.25) is 0 Å². The minimum atomic E-state index is -0.330. The molecule has 1 aromatic heterocycles. The van der Waals surface area contributed by atoms with Crippen LogP contribution in [0.15, 0.2) is 18.2 Å². The Balaban J connectivity index is 2.54. The molecule has 1 heterocycles. The normalized spacial score (nSPS) is 10.9. The quantitative estimate of drug-likeness (QED) is 0.717. The fourth-order valence-electron chi connectivity index (χ4n) is 1.12. The van der Waals surface area contributed by atoms with Gasteiger partial charge in [-0.25, -0.2) is 0 Å². The van der Waals surface area contributed by atoms with Crippen LogP contribution in [-0.2, 0) is 11.2 Å². The second kappa shape index (κ2) is 5.50. The monoisotopic (exact) mass is 212 g/mol. The molecule has 1 amide bonds. The smallest absolute Gasteiger partial charge is 0.223 e. The Morgan fingerprint density at radius 2 is 2.36 bits per heavy atom. The Hall–Kier alpha value is -1.22. The third-order valence-electron chi connectivity index (χ3n) is 1.71. The van der Waals surface area contributed by atoms with Crippen LogP contribution in [0.25, 0.3) is 6.08 Å². The number of hydrogen-bond donors (Lipinski definition) is 2. The second-order valence-corrected chi connectivity index (χ2v) is 3.34. The van der Waals surface area contributed by atoms with E-state index in [0.717, 1.165) is 17.8 Å². The number of allylic oxidation sites excluding steroid dienone is 1. The van der Waals surface area contributed by atoms with Gasteiger partial charge in [-0.15, -0.1) is 11.6 Å². The van der Waals surface area contributed by atoms with Gasteiger partial charge in [-0.2, -0.15) is 0 Å². The number of amides is 1. The van der Waals surface area contributed by atoms with Crippen LogP contribution in [0, 0.1) is 0 Å². The lowest BCUT2D eigenvalue weighted by atomic mass is 10.3. The topological polar surface area (TPSA) is 58.9 Å². The molecule has 0 radical (unpaired) electrons. The summed E-state index contributed by atoms with van der Waals surface area (Å²) in [5, 5.41) is 0. The van der Waals surface area contributed by atoms with E-state index in [0.29, 0.717) is 5.88 Å². The number of rotatable bonds is 5. The van der Waals surface area contributed by atoms with Crippen LogP contribution >= 0.6 is 11.6 Å². The number of halogens is 1. The maximum atomic E-state index is 10.6. The van der Waals surface area contributed by atoms with E-state index >= 15 is 0 Å². The number of nitrogens with two attached hydrogens (primary N) is 1. The third kappa shape index (κ3) is 3.66. The number of aromatic nitrogens is 1. The van der Waals surface area contributed by atoms with Crippen molar-refractivity contribution >= 4 is 23.6 Å². The molecule has 3 nitrogen and oxygen atoms in total. The molecule has 0 unspecified atom stereocenters. The summed E-state index contributed by atoms with van der Waals surface area (Å²) >= 11 is 5.52. The largest absolute Gasteiger partial charge is 0.369 e. The lowest BCUT2D eigenvalue weighted by Crippen LogP contribution is -2.13. The number of hydrogen-bond acceptors (Lipinski definition) is 1. The molecular weight excluding hydrogens is 200 g/mol. The molecule has 0 fully saturated rings. The van der Waals surface area contributed by atoms with E-state index < -0.39 is 0 Å². The van der Waals surface area contributed by atoms with Gasteiger partial charge in [0.05, 0.1) is 6.42 Å². The molecule has 76 valence electrons. The van der Waals surface area contributed by atoms with Crippen molar-refractivity contribution in [2.24, 2.45) is 5.73 Å². The maximum absolute atomic E-state index is 10.6. The SMILES string of the molecule is NC(=O)Cc1ccc(/C=C\CCCl)[nH]1. The lowest BCUT2D eigenvalue weighted by Gasteiger charge is -1.91. The summed E-state index contributed by atoms with van der Waals surface area (Å²) in [6.45, 7) is 0. The zero-order valence-corrected chi connectivity index (χ0v) is 8.55. The molecule has 0 aliphatic heterocycles. The molecule has 1 aromatic rings. The van der Waals surface area contributed by atoms with E-state index in [1.165, 1.54) is 0 Å². The summed E-state index contributed by atoms with van der Waals surface area (Å²) in [5.74, 6) is 0.286. The molecule has 0 saturated carbocycles. The van der Waals surface area contributed by atoms with Gasteiger partial charge in [0.15, 0.2) is 0 Å². The maximum Gasteiger partial charge on any atom is 0.223 e. The van der Waals surface area contributed by atoms with Crippen molar-refractivity contribution in [2.45, 2.75) is 12.8 Å². The fourth-order valence-corrected chi connectivity index (χ4v) is 1.25. The molecule has 3 N–H and O–H groups in total. The van der Waals surface area contributed by atoms with Crippen molar-refractivity contribution < 1.29 is 4.79 Å². The van der Waals surface area contributed by atoms with E-state index in [1.54, 1.807) is 0 Å². The highest BCUT2D eigenvalue weighted by molar-refractivity contribution is 6.17. The predicted molar refractivity (Wildman–Crippen MR) is 58.1 cm³/mol. The van der Waals surface area contributed by atoms with Gasteiger partial charge in [-0.3, -0.25) is 4.79 Å². The summed E-state index contributed by atoms with van der Waals surface area (Å²) < 4.78 is 0. The van der Waals surface area contributed by atoms with Gasteiger partial charge in [0.25, 0.3) is 0 Å². The van der Waals surface area contributed by atoms with Crippen LogP contribution in [0.3, 0.4) is 0 Å². The standard InChI is InChI=1S/C10H13ClN2O/c11-6-2-1-3-8-4-5-9(13-8)7-10(12)14/h1,3-5,13H,2,6-7H2,(H2,12,14)/b3-1-. The highest BCUT2D eigenvalue weighted by Gasteiger charge is 1.99. The van der Waals surface area contributed by atoms with Gasteiger partial charge >= 0.3 is 0 Å². The Morgan fingerprint density at radius 3 is 3.00 bits per heavy atom. The van der Waals surface area contributed by atoms with Gasteiger partial charge in [0, 0.05) is 17.3 Å². The first-order valence-corrected chi connectivity index (χ1v) is 4.94. The molecule has 0 aliphatic carbocycles. The fraction of sp³-hybridized carbons (Fsp3) is 0.300. The average molecular weight is 213 g/mol. The minimum absolute atomic E-state index is 0.253. The van der Waals surface area contributed by atoms with Crippen molar-refractivity contribution in [1.82, 2.24) is 4.98 Å². The molecule has 14 heavy (non-hydrogen) atoms. The van der Waals surface area contributed by atoms with Gasteiger partial charge < -0.3 is 10.7 Å². The summed E-state index contributed by atoms with van der Waals surface area (Å²) in [5.41, 5.74) is 6.86. The van der Waals surface area contributed by atoms with Gasteiger partial charge in [-0.1, -0.05) is 6.08 Å². The Morgan fingerprint density at radius 1 is 1.57 bits per heavy atom. The molecule has 0 saturated heterocycles. The number of H-pyrrole nitrogens is 1. The second-order valence-electron chi connectivity index (χ2n) is 2.96. The summed E-state index contributed by atoms with van der Waals surface area (Å²) in [4.78, 5) is 13.7. The molecule has 0 atom stereocenters. The molecular formula is C10H13ClN2O. The van der Waals surface area contributed by atoms with E-state index in [4.69, 9.17) is 17.3 Å². The van der Waals surface area contributed by atoms with Crippen LogP contribution < -0.4 is 5.73 Å². The van der Waals surface area contributed by atoms with Crippen molar-refractivity contribution in [1.29, 1.82) is 0 Å². The Labute approximate surface area is 87.9 Å². The number of nitrogens with one attached hydrogen (secondary N) is 1. The third-order valence-corrected chi connectivity index (χ3v) is 1.93. The minimum Gasteiger partial charge on any atom is -0.369 e. The lowest BCUT2D eigenvalue weighted by molar-refractivity contribution is -0.117. The van der Waals surface area contributed by atoms with E-state index in [9.17, 15) is 4.79 Å². The Bertz CT molecular complexity index is 331. The number of primary amides is 1. The average Bonchev–Trinajstić information content (AvgIpc) is 2.52. The highest BCUT2D eigenvalue weighted by Crippen LogP contribution is 2.05. The predicted octanol–water partition coefficient (Wildman–Crippen LogP) is 1.68.